The number of amides is 3. The molecular weight excluding hydrogens is 474 g/mol. The van der Waals surface area contributed by atoms with Gasteiger partial charge in [-0.3, -0.25) is 9.69 Å². The summed E-state index contributed by atoms with van der Waals surface area (Å²) in [6.45, 7) is -0.0572. The summed E-state index contributed by atoms with van der Waals surface area (Å²) in [5, 5.41) is 2.93. The molecule has 0 atom stereocenters. The first-order valence-electron chi connectivity index (χ1n) is 11.5. The topological polar surface area (TPSA) is 103 Å². The van der Waals surface area contributed by atoms with Gasteiger partial charge in [0.1, 0.15) is 23.5 Å². The Kier molecular flexibility index (Phi) is 6.27. The second-order valence-corrected chi connectivity index (χ2v) is 8.40. The van der Waals surface area contributed by atoms with Crippen LogP contribution >= 0.6 is 0 Å². The summed E-state index contributed by atoms with van der Waals surface area (Å²) in [4.78, 5) is 32.9. The third-order valence-electron chi connectivity index (χ3n) is 6.36. The highest BCUT2D eigenvalue weighted by molar-refractivity contribution is 6.09. The third kappa shape index (κ3) is 4.24. The van der Waals surface area contributed by atoms with Gasteiger partial charge in [-0.25, -0.2) is 9.78 Å². The van der Waals surface area contributed by atoms with Crippen molar-refractivity contribution in [3.8, 4) is 28.7 Å². The van der Waals surface area contributed by atoms with Gasteiger partial charge in [-0.2, -0.15) is 0 Å². The van der Waals surface area contributed by atoms with E-state index in [1.807, 2.05) is 12.1 Å². The third-order valence-corrected chi connectivity index (χ3v) is 6.36. The Morgan fingerprint density at radius 3 is 1.76 bits per heavy atom. The van der Waals surface area contributed by atoms with E-state index in [-0.39, 0.29) is 6.54 Å². The standard InChI is InChI=1S/C28H25N3O6/c1-34-22-10-4-18(5-11-22)25-29-21(17-37-25)16-31-26(32)28(30-27(31)33,19-6-12-23(35-2)13-7-19)20-8-14-24(36-3)15-9-20/h4-15,17H,16H2,1-3H3,(H,30,33). The molecule has 1 aliphatic heterocycles. The Morgan fingerprint density at radius 2 is 1.27 bits per heavy atom. The largest absolute Gasteiger partial charge is 0.497 e. The van der Waals surface area contributed by atoms with E-state index in [9.17, 15) is 9.59 Å². The summed E-state index contributed by atoms with van der Waals surface area (Å²) >= 11 is 0. The van der Waals surface area contributed by atoms with Gasteiger partial charge in [0.2, 0.25) is 5.89 Å². The molecule has 4 aromatic rings. The van der Waals surface area contributed by atoms with Crippen molar-refractivity contribution in [1.29, 1.82) is 0 Å². The van der Waals surface area contributed by atoms with Crippen molar-refractivity contribution >= 4 is 11.9 Å². The number of oxazole rings is 1. The maximum Gasteiger partial charge on any atom is 0.325 e. The lowest BCUT2D eigenvalue weighted by molar-refractivity contribution is -0.130. The zero-order valence-corrected chi connectivity index (χ0v) is 20.6. The summed E-state index contributed by atoms with van der Waals surface area (Å²) in [6, 6.07) is 20.8. The molecule has 3 amide bonds. The number of hydrogen-bond donors (Lipinski definition) is 1. The van der Waals surface area contributed by atoms with E-state index < -0.39 is 17.5 Å². The van der Waals surface area contributed by atoms with Gasteiger partial charge in [0.25, 0.3) is 5.91 Å². The zero-order valence-electron chi connectivity index (χ0n) is 20.6. The number of aromatic nitrogens is 1. The van der Waals surface area contributed by atoms with Gasteiger partial charge < -0.3 is 23.9 Å². The second-order valence-electron chi connectivity index (χ2n) is 8.40. The summed E-state index contributed by atoms with van der Waals surface area (Å²) in [5.41, 5.74) is 0.944. The van der Waals surface area contributed by atoms with Crippen molar-refractivity contribution in [3.05, 3.63) is 95.9 Å². The molecule has 0 bridgehead atoms. The number of carbonyl (C=O) groups is 2. The van der Waals surface area contributed by atoms with Crippen LogP contribution < -0.4 is 19.5 Å². The van der Waals surface area contributed by atoms with Crippen LogP contribution in [-0.4, -0.2) is 43.2 Å². The van der Waals surface area contributed by atoms with Crippen LogP contribution in [0.1, 0.15) is 16.8 Å². The van der Waals surface area contributed by atoms with Gasteiger partial charge in [-0.15, -0.1) is 0 Å². The van der Waals surface area contributed by atoms with E-state index in [4.69, 9.17) is 18.6 Å². The number of hydrogen-bond acceptors (Lipinski definition) is 7. The van der Waals surface area contributed by atoms with Crippen LogP contribution in [-0.2, 0) is 16.9 Å². The van der Waals surface area contributed by atoms with Gasteiger partial charge >= 0.3 is 6.03 Å². The number of methoxy groups -OCH3 is 3. The number of urea groups is 1. The smallest absolute Gasteiger partial charge is 0.325 e. The molecule has 1 aromatic heterocycles. The molecule has 0 saturated carbocycles. The van der Waals surface area contributed by atoms with Crippen LogP contribution in [0.15, 0.2) is 83.5 Å². The lowest BCUT2D eigenvalue weighted by Crippen LogP contribution is -2.45. The van der Waals surface area contributed by atoms with E-state index in [0.717, 1.165) is 10.5 Å². The average Bonchev–Trinajstić information content (AvgIpc) is 3.52. The maximum absolute atomic E-state index is 14.0. The van der Waals surface area contributed by atoms with Crippen molar-refractivity contribution < 1.29 is 28.2 Å². The van der Waals surface area contributed by atoms with Gasteiger partial charge in [0.15, 0.2) is 5.54 Å². The Labute approximate surface area is 213 Å². The van der Waals surface area contributed by atoms with Crippen molar-refractivity contribution in [2.75, 3.05) is 21.3 Å². The van der Waals surface area contributed by atoms with E-state index in [1.54, 1.807) is 82.0 Å². The summed E-state index contributed by atoms with van der Waals surface area (Å²) in [5.74, 6) is 1.93. The molecule has 1 aliphatic rings. The van der Waals surface area contributed by atoms with Crippen LogP contribution in [0.5, 0.6) is 17.2 Å². The Morgan fingerprint density at radius 1 is 0.784 bits per heavy atom. The first-order chi connectivity index (χ1) is 18.0. The molecule has 188 valence electrons. The molecule has 1 fully saturated rings. The highest BCUT2D eigenvalue weighted by Crippen LogP contribution is 2.38. The monoisotopic (exact) mass is 499 g/mol. The Hall–Kier alpha value is -4.79. The minimum absolute atomic E-state index is 0.0572. The number of carbonyl (C=O) groups excluding carboxylic acids is 2. The molecule has 9 heteroatoms. The molecule has 3 aromatic carbocycles. The quantitative estimate of drug-likeness (QED) is 0.359. The lowest BCUT2D eigenvalue weighted by Gasteiger charge is -2.28. The van der Waals surface area contributed by atoms with Crippen molar-refractivity contribution in [2.24, 2.45) is 0 Å². The van der Waals surface area contributed by atoms with Crippen molar-refractivity contribution in [2.45, 2.75) is 12.1 Å². The molecular formula is C28H25N3O6. The highest BCUT2D eigenvalue weighted by Gasteiger charge is 2.53. The fourth-order valence-corrected chi connectivity index (χ4v) is 4.37. The van der Waals surface area contributed by atoms with E-state index in [2.05, 4.69) is 10.3 Å². The molecule has 5 rings (SSSR count). The summed E-state index contributed by atoms with van der Waals surface area (Å²) < 4.78 is 21.4. The molecule has 0 unspecified atom stereocenters. The van der Waals surface area contributed by atoms with Gasteiger partial charge in [-0.05, 0) is 59.7 Å². The number of ether oxygens (including phenoxy) is 3. The van der Waals surface area contributed by atoms with Crippen LogP contribution in [0.2, 0.25) is 0 Å². The van der Waals surface area contributed by atoms with Gasteiger partial charge in [0, 0.05) is 5.56 Å². The lowest BCUT2D eigenvalue weighted by atomic mass is 9.82. The van der Waals surface area contributed by atoms with Crippen LogP contribution in [0.4, 0.5) is 4.79 Å². The first kappa shape index (κ1) is 23.9. The fraction of sp³-hybridized carbons (Fsp3) is 0.179. The molecule has 0 radical (unpaired) electrons. The molecule has 2 heterocycles. The number of benzene rings is 3. The number of nitrogens with one attached hydrogen (secondary N) is 1. The predicted octanol–water partition coefficient (Wildman–Crippen LogP) is 4.36. The van der Waals surface area contributed by atoms with E-state index >= 15 is 0 Å². The predicted molar refractivity (Wildman–Crippen MR) is 134 cm³/mol. The summed E-state index contributed by atoms with van der Waals surface area (Å²) in [7, 11) is 4.72. The van der Waals surface area contributed by atoms with Crippen LogP contribution in [0.25, 0.3) is 11.5 Å². The van der Waals surface area contributed by atoms with Crippen molar-refractivity contribution in [1.82, 2.24) is 15.2 Å². The fourth-order valence-electron chi connectivity index (χ4n) is 4.37. The average molecular weight is 500 g/mol. The maximum atomic E-state index is 14.0. The van der Waals surface area contributed by atoms with Crippen LogP contribution in [0.3, 0.4) is 0 Å². The minimum atomic E-state index is -1.43. The van der Waals surface area contributed by atoms with Gasteiger partial charge in [0.05, 0.1) is 33.6 Å². The molecule has 0 spiro atoms. The summed E-state index contributed by atoms with van der Waals surface area (Å²) in [6.07, 6.45) is 1.45. The number of imide groups is 1. The number of rotatable bonds is 8. The molecule has 1 saturated heterocycles. The number of nitrogens with zero attached hydrogens (tertiary/aromatic N) is 2. The molecule has 0 aliphatic carbocycles. The van der Waals surface area contributed by atoms with Crippen LogP contribution in [0, 0.1) is 0 Å². The Balaban J connectivity index is 1.48. The second kappa shape index (κ2) is 9.69. The SMILES string of the molecule is COc1ccc(-c2nc(CN3C(=O)NC(c4ccc(OC)cc4)(c4ccc(OC)cc4)C3=O)co2)cc1. The molecule has 1 N–H and O–H groups in total. The Bertz CT molecular complexity index is 1360. The van der Waals surface area contributed by atoms with E-state index in [0.29, 0.717) is 40.0 Å². The molecule has 9 nitrogen and oxygen atoms in total. The zero-order chi connectivity index (χ0) is 26.0. The normalized spacial score (nSPS) is 14.4. The minimum Gasteiger partial charge on any atom is -0.497 e. The van der Waals surface area contributed by atoms with Gasteiger partial charge in [-0.1, -0.05) is 24.3 Å². The highest BCUT2D eigenvalue weighted by atomic mass is 16.5. The van der Waals surface area contributed by atoms with E-state index in [1.165, 1.54) is 6.26 Å². The first-order valence-corrected chi connectivity index (χ1v) is 11.5. The van der Waals surface area contributed by atoms with Crippen molar-refractivity contribution in [3.63, 3.8) is 0 Å². The molecule has 37 heavy (non-hydrogen) atoms.